The summed E-state index contributed by atoms with van der Waals surface area (Å²) in [7, 11) is 0. The second-order valence-corrected chi connectivity index (χ2v) is 3.88. The van der Waals surface area contributed by atoms with Crippen molar-refractivity contribution in [3.63, 3.8) is 0 Å². The van der Waals surface area contributed by atoms with Gasteiger partial charge in [0.05, 0.1) is 0 Å². The van der Waals surface area contributed by atoms with Crippen LogP contribution in [0.1, 0.15) is 47.0 Å². The molecular weight excluding hydrogens is 156 g/mol. The van der Waals surface area contributed by atoms with Crippen LogP contribution < -0.4 is 0 Å². The van der Waals surface area contributed by atoms with Gasteiger partial charge in [-0.3, -0.25) is 0 Å². The molecule has 66 valence electrons. The van der Waals surface area contributed by atoms with Crippen molar-refractivity contribution in [3.8, 4) is 0 Å². The fourth-order valence-corrected chi connectivity index (χ4v) is 1.54. The molecule has 0 fully saturated rings. The lowest BCUT2D eigenvalue weighted by molar-refractivity contribution is 0.670. The Morgan fingerprint density at radius 2 is 1.91 bits per heavy atom. The van der Waals surface area contributed by atoms with Gasteiger partial charge >= 0.3 is 0 Å². The van der Waals surface area contributed by atoms with Crippen molar-refractivity contribution in [1.82, 2.24) is 0 Å². The van der Waals surface area contributed by atoms with Gasteiger partial charge in [0.25, 0.3) is 0 Å². The number of allylic oxidation sites excluding steroid dienone is 2. The van der Waals surface area contributed by atoms with Crippen LogP contribution in [-0.2, 0) is 0 Å². The van der Waals surface area contributed by atoms with E-state index in [1.807, 2.05) is 6.92 Å². The van der Waals surface area contributed by atoms with Crippen molar-refractivity contribution in [3.05, 3.63) is 10.6 Å². The van der Waals surface area contributed by atoms with E-state index in [4.69, 9.17) is 11.6 Å². The third-order valence-corrected chi connectivity index (χ3v) is 2.18. The fourth-order valence-electron chi connectivity index (χ4n) is 1.23. The molecule has 11 heavy (non-hydrogen) atoms. The van der Waals surface area contributed by atoms with E-state index in [9.17, 15) is 0 Å². The van der Waals surface area contributed by atoms with Gasteiger partial charge in [-0.15, -0.1) is 0 Å². The van der Waals surface area contributed by atoms with Crippen molar-refractivity contribution >= 4 is 11.6 Å². The number of hydrogen-bond donors (Lipinski definition) is 0. The second-order valence-electron chi connectivity index (χ2n) is 3.32. The van der Waals surface area contributed by atoms with Crippen molar-refractivity contribution in [2.24, 2.45) is 5.92 Å². The Balaban J connectivity index is 4.03. The van der Waals surface area contributed by atoms with Gasteiger partial charge in [0.1, 0.15) is 0 Å². The van der Waals surface area contributed by atoms with E-state index in [2.05, 4.69) is 20.8 Å². The molecule has 0 nitrogen and oxygen atoms in total. The molecule has 0 aliphatic carbocycles. The van der Waals surface area contributed by atoms with E-state index in [0.717, 1.165) is 5.03 Å². The lowest BCUT2D eigenvalue weighted by Crippen LogP contribution is -1.95. The Morgan fingerprint density at radius 3 is 2.18 bits per heavy atom. The SMILES string of the molecule is CCCC/C(=C(\C)Cl)C(C)C. The highest BCUT2D eigenvalue weighted by Gasteiger charge is 2.04. The standard InChI is InChI=1S/C10H19Cl/c1-5-6-7-10(8(2)3)9(4)11/h8H,5-7H2,1-4H3/b10-9-. The summed E-state index contributed by atoms with van der Waals surface area (Å²) < 4.78 is 0. The van der Waals surface area contributed by atoms with Gasteiger partial charge in [0.15, 0.2) is 0 Å². The first-order valence-corrected chi connectivity index (χ1v) is 4.82. The predicted octanol–water partition coefficient (Wildman–Crippen LogP) is 4.35. The second kappa shape index (κ2) is 5.65. The minimum Gasteiger partial charge on any atom is -0.0895 e. The first kappa shape index (κ1) is 11.0. The Kier molecular flexibility index (Phi) is 5.67. The lowest BCUT2D eigenvalue weighted by atomic mass is 9.97. The number of halogens is 1. The van der Waals surface area contributed by atoms with Gasteiger partial charge in [-0.2, -0.15) is 0 Å². The molecule has 0 saturated heterocycles. The summed E-state index contributed by atoms with van der Waals surface area (Å²) in [5.41, 5.74) is 1.42. The third kappa shape index (κ3) is 4.47. The third-order valence-electron chi connectivity index (χ3n) is 1.94. The van der Waals surface area contributed by atoms with Crippen LogP contribution in [0.4, 0.5) is 0 Å². The number of hydrogen-bond acceptors (Lipinski definition) is 0. The largest absolute Gasteiger partial charge is 0.0895 e. The van der Waals surface area contributed by atoms with E-state index < -0.39 is 0 Å². The minimum absolute atomic E-state index is 0.610. The maximum atomic E-state index is 5.95. The topological polar surface area (TPSA) is 0 Å². The van der Waals surface area contributed by atoms with Crippen LogP contribution in [0.15, 0.2) is 10.6 Å². The number of unbranched alkanes of at least 4 members (excludes halogenated alkanes) is 1. The summed E-state index contributed by atoms with van der Waals surface area (Å²) in [6, 6.07) is 0. The van der Waals surface area contributed by atoms with Gasteiger partial charge in [-0.05, 0) is 25.7 Å². The average Bonchev–Trinajstić information content (AvgIpc) is 1.87. The predicted molar refractivity (Wildman–Crippen MR) is 52.9 cm³/mol. The maximum Gasteiger partial charge on any atom is 0.0144 e. The van der Waals surface area contributed by atoms with Gasteiger partial charge < -0.3 is 0 Å². The average molecular weight is 175 g/mol. The minimum atomic E-state index is 0.610. The molecule has 0 aromatic carbocycles. The van der Waals surface area contributed by atoms with Crippen molar-refractivity contribution < 1.29 is 0 Å². The van der Waals surface area contributed by atoms with Crippen molar-refractivity contribution in [2.45, 2.75) is 47.0 Å². The summed E-state index contributed by atoms with van der Waals surface area (Å²) >= 11 is 5.95. The Bertz CT molecular complexity index is 130. The van der Waals surface area contributed by atoms with Crippen LogP contribution >= 0.6 is 11.6 Å². The Hall–Kier alpha value is 0.0300. The van der Waals surface area contributed by atoms with Crippen LogP contribution in [-0.4, -0.2) is 0 Å². The normalized spacial score (nSPS) is 13.6. The highest BCUT2D eigenvalue weighted by atomic mass is 35.5. The first-order valence-electron chi connectivity index (χ1n) is 4.44. The van der Waals surface area contributed by atoms with E-state index >= 15 is 0 Å². The Labute approximate surface area is 75.6 Å². The quantitative estimate of drug-likeness (QED) is 0.595. The molecule has 0 aliphatic heterocycles. The highest BCUT2D eigenvalue weighted by Crippen LogP contribution is 2.22. The van der Waals surface area contributed by atoms with E-state index in [1.54, 1.807) is 0 Å². The molecule has 0 aromatic rings. The van der Waals surface area contributed by atoms with E-state index in [0.29, 0.717) is 5.92 Å². The van der Waals surface area contributed by atoms with Gasteiger partial charge in [0, 0.05) is 5.03 Å². The zero-order valence-corrected chi connectivity index (χ0v) is 8.83. The van der Waals surface area contributed by atoms with Crippen molar-refractivity contribution in [2.75, 3.05) is 0 Å². The molecule has 0 heterocycles. The lowest BCUT2D eigenvalue weighted by Gasteiger charge is -2.11. The van der Waals surface area contributed by atoms with E-state index in [1.165, 1.54) is 24.8 Å². The van der Waals surface area contributed by atoms with Crippen LogP contribution in [0, 0.1) is 5.92 Å². The maximum absolute atomic E-state index is 5.95. The molecule has 0 bridgehead atoms. The molecule has 0 amide bonds. The molecule has 0 rings (SSSR count). The summed E-state index contributed by atoms with van der Waals surface area (Å²) in [5, 5.41) is 0.994. The van der Waals surface area contributed by atoms with Crippen LogP contribution in [0.3, 0.4) is 0 Å². The molecule has 0 N–H and O–H groups in total. The molecule has 0 unspecified atom stereocenters. The molecule has 0 atom stereocenters. The first-order chi connectivity index (χ1) is 5.09. The zero-order valence-electron chi connectivity index (χ0n) is 8.08. The van der Waals surface area contributed by atoms with Crippen LogP contribution in [0.2, 0.25) is 0 Å². The molecule has 0 aliphatic rings. The molecular formula is C10H19Cl. The molecule has 0 radical (unpaired) electrons. The smallest absolute Gasteiger partial charge is 0.0144 e. The summed E-state index contributed by atoms with van der Waals surface area (Å²) in [6.45, 7) is 8.61. The van der Waals surface area contributed by atoms with Crippen molar-refractivity contribution in [1.29, 1.82) is 0 Å². The molecule has 0 saturated carbocycles. The molecule has 0 aromatic heterocycles. The molecule has 1 heteroatoms. The summed E-state index contributed by atoms with van der Waals surface area (Å²) in [6.07, 6.45) is 3.68. The number of rotatable bonds is 4. The highest BCUT2D eigenvalue weighted by molar-refractivity contribution is 6.29. The zero-order chi connectivity index (χ0) is 8.85. The summed E-state index contributed by atoms with van der Waals surface area (Å²) in [5.74, 6) is 0.610. The van der Waals surface area contributed by atoms with E-state index in [-0.39, 0.29) is 0 Å². The van der Waals surface area contributed by atoms with Crippen LogP contribution in [0.25, 0.3) is 0 Å². The monoisotopic (exact) mass is 174 g/mol. The van der Waals surface area contributed by atoms with Crippen LogP contribution in [0.5, 0.6) is 0 Å². The van der Waals surface area contributed by atoms with Gasteiger partial charge in [0.2, 0.25) is 0 Å². The summed E-state index contributed by atoms with van der Waals surface area (Å²) in [4.78, 5) is 0. The van der Waals surface area contributed by atoms with Gasteiger partial charge in [-0.1, -0.05) is 44.4 Å². The molecule has 0 spiro atoms. The van der Waals surface area contributed by atoms with Gasteiger partial charge in [-0.25, -0.2) is 0 Å². The fraction of sp³-hybridized carbons (Fsp3) is 0.800. The Morgan fingerprint density at radius 1 is 1.36 bits per heavy atom.